The van der Waals surface area contributed by atoms with Gasteiger partial charge in [0.25, 0.3) is 11.6 Å². The molecule has 1 saturated heterocycles. The van der Waals surface area contributed by atoms with Crippen molar-refractivity contribution in [2.24, 2.45) is 0 Å². The van der Waals surface area contributed by atoms with E-state index in [-0.39, 0.29) is 21.6 Å². The van der Waals surface area contributed by atoms with Crippen molar-refractivity contribution in [1.82, 2.24) is 0 Å². The smallest absolute Gasteiger partial charge is 0.268 e. The number of halogens is 2. The summed E-state index contributed by atoms with van der Waals surface area (Å²) >= 11 is 18.5. The number of hydrogen-bond donors (Lipinski definition) is 0. The molecule has 2 aromatic carbocycles. The van der Waals surface area contributed by atoms with E-state index in [0.29, 0.717) is 20.5 Å². The molecule has 0 bridgehead atoms. The molecule has 0 aromatic heterocycles. The fraction of sp³-hybridized carbons (Fsp3) is 0.111. The molecule has 0 aliphatic carbocycles. The maximum atomic E-state index is 12.9. The Bertz CT molecular complexity index is 1040. The lowest BCUT2D eigenvalue weighted by Crippen LogP contribution is -2.27. The van der Waals surface area contributed by atoms with E-state index in [1.807, 2.05) is 32.0 Å². The number of thioether (sulfide) groups is 1. The van der Waals surface area contributed by atoms with E-state index >= 15 is 0 Å². The number of nitro benzene ring substituents is 1. The molecule has 138 valence electrons. The summed E-state index contributed by atoms with van der Waals surface area (Å²) in [4.78, 5) is 25.1. The first kappa shape index (κ1) is 19.8. The van der Waals surface area contributed by atoms with Gasteiger partial charge in [-0.3, -0.25) is 19.8 Å². The molecular weight excluding hydrogens is 427 g/mol. The lowest BCUT2D eigenvalue weighted by molar-refractivity contribution is -0.384. The Kier molecular flexibility index (Phi) is 5.58. The average Bonchev–Trinajstić information content (AvgIpc) is 2.86. The van der Waals surface area contributed by atoms with Crippen molar-refractivity contribution in [2.45, 2.75) is 13.8 Å². The summed E-state index contributed by atoms with van der Waals surface area (Å²) in [6.07, 6.45) is 1.49. The SMILES string of the molecule is Cc1ccc(N2C(=O)/C(=C/c3cc([N+](=O)[O-])c(Cl)cc3Cl)SC2=S)cc1C. The number of hydrogen-bond acceptors (Lipinski definition) is 5. The fourth-order valence-electron chi connectivity index (χ4n) is 2.50. The van der Waals surface area contributed by atoms with Gasteiger partial charge in [-0.25, -0.2) is 0 Å². The number of rotatable bonds is 3. The van der Waals surface area contributed by atoms with Crippen LogP contribution in [0, 0.1) is 24.0 Å². The molecule has 1 heterocycles. The minimum absolute atomic E-state index is 0.0650. The second kappa shape index (κ2) is 7.59. The fourth-order valence-corrected chi connectivity index (χ4v) is 4.30. The van der Waals surface area contributed by atoms with E-state index in [9.17, 15) is 14.9 Å². The lowest BCUT2D eigenvalue weighted by Gasteiger charge is -2.15. The zero-order chi connectivity index (χ0) is 19.9. The van der Waals surface area contributed by atoms with Gasteiger partial charge >= 0.3 is 0 Å². The predicted octanol–water partition coefficient (Wildman–Crippen LogP) is 5.92. The molecule has 1 aliphatic rings. The van der Waals surface area contributed by atoms with Crippen LogP contribution in [0.25, 0.3) is 6.08 Å². The molecule has 0 spiro atoms. The highest BCUT2D eigenvalue weighted by atomic mass is 35.5. The molecule has 0 atom stereocenters. The van der Waals surface area contributed by atoms with Crippen LogP contribution in [0.5, 0.6) is 0 Å². The standard InChI is InChI=1S/C18H12Cl2N2O3S2/c1-9-3-4-12(5-10(9)2)21-17(23)16(27-18(21)26)7-11-6-15(22(24)25)14(20)8-13(11)19/h3-8H,1-2H3/b16-7-. The van der Waals surface area contributed by atoms with E-state index in [4.69, 9.17) is 35.4 Å². The molecule has 27 heavy (non-hydrogen) atoms. The highest BCUT2D eigenvalue weighted by Gasteiger charge is 2.33. The molecule has 0 saturated carbocycles. The minimum Gasteiger partial charge on any atom is -0.268 e. The molecule has 5 nitrogen and oxygen atoms in total. The number of carbonyl (C=O) groups is 1. The lowest BCUT2D eigenvalue weighted by atomic mass is 10.1. The average molecular weight is 439 g/mol. The second-order valence-corrected chi connectivity index (χ2v) is 8.36. The number of amides is 1. The van der Waals surface area contributed by atoms with Crippen molar-refractivity contribution >= 4 is 74.9 Å². The van der Waals surface area contributed by atoms with Gasteiger partial charge in [-0.2, -0.15) is 0 Å². The maximum absolute atomic E-state index is 12.9. The van der Waals surface area contributed by atoms with Crippen molar-refractivity contribution < 1.29 is 9.72 Å². The normalized spacial score (nSPS) is 15.7. The van der Waals surface area contributed by atoms with Crippen LogP contribution in [0.1, 0.15) is 16.7 Å². The van der Waals surface area contributed by atoms with Crippen molar-refractivity contribution in [3.05, 3.63) is 72.1 Å². The van der Waals surface area contributed by atoms with Crippen LogP contribution >= 0.6 is 47.2 Å². The van der Waals surface area contributed by atoms with Gasteiger partial charge in [0, 0.05) is 16.7 Å². The summed E-state index contributed by atoms with van der Waals surface area (Å²) in [6, 6.07) is 8.18. The number of thiocarbonyl (C=S) groups is 1. The highest BCUT2D eigenvalue weighted by molar-refractivity contribution is 8.27. The van der Waals surface area contributed by atoms with Gasteiger partial charge in [0.1, 0.15) is 5.02 Å². The van der Waals surface area contributed by atoms with Crippen LogP contribution < -0.4 is 4.90 Å². The number of aryl methyl sites for hydroxylation is 2. The van der Waals surface area contributed by atoms with Crippen LogP contribution in [-0.2, 0) is 4.79 Å². The molecule has 1 fully saturated rings. The summed E-state index contributed by atoms with van der Waals surface area (Å²) in [5.41, 5.74) is 2.88. The van der Waals surface area contributed by atoms with Gasteiger partial charge in [-0.15, -0.1) is 0 Å². The number of benzene rings is 2. The Morgan fingerprint density at radius 3 is 2.48 bits per heavy atom. The van der Waals surface area contributed by atoms with Gasteiger partial charge in [0.05, 0.1) is 15.5 Å². The molecular formula is C18H12Cl2N2O3S2. The number of carbonyl (C=O) groups excluding carboxylic acids is 1. The summed E-state index contributed by atoms with van der Waals surface area (Å²) in [5.74, 6) is -0.304. The quantitative estimate of drug-likeness (QED) is 0.257. The molecule has 0 unspecified atom stereocenters. The zero-order valence-corrected chi connectivity index (χ0v) is 17.3. The number of nitro groups is 1. The van der Waals surface area contributed by atoms with Crippen molar-refractivity contribution in [3.8, 4) is 0 Å². The van der Waals surface area contributed by atoms with Gasteiger partial charge in [-0.05, 0) is 49.2 Å². The summed E-state index contributed by atoms with van der Waals surface area (Å²) in [5, 5.41) is 11.2. The highest BCUT2D eigenvalue weighted by Crippen LogP contribution is 2.39. The molecule has 3 rings (SSSR count). The second-order valence-electron chi connectivity index (χ2n) is 5.87. The van der Waals surface area contributed by atoms with Crippen LogP contribution in [0.3, 0.4) is 0 Å². The van der Waals surface area contributed by atoms with Crippen LogP contribution in [-0.4, -0.2) is 15.2 Å². The third-order valence-corrected chi connectivity index (χ3v) is 6.02. The van der Waals surface area contributed by atoms with Crippen LogP contribution in [0.2, 0.25) is 10.0 Å². The first-order valence-corrected chi connectivity index (χ1v) is 9.65. The first-order chi connectivity index (χ1) is 12.7. The van der Waals surface area contributed by atoms with Gasteiger partial charge in [0.15, 0.2) is 4.32 Å². The molecule has 0 radical (unpaired) electrons. The largest absolute Gasteiger partial charge is 0.288 e. The van der Waals surface area contributed by atoms with Crippen LogP contribution in [0.15, 0.2) is 35.2 Å². The van der Waals surface area contributed by atoms with Gasteiger partial charge in [-0.1, -0.05) is 53.2 Å². The third-order valence-electron chi connectivity index (χ3n) is 4.09. The summed E-state index contributed by atoms with van der Waals surface area (Å²) in [7, 11) is 0. The Labute approximate surface area is 175 Å². The topological polar surface area (TPSA) is 63.5 Å². The summed E-state index contributed by atoms with van der Waals surface area (Å²) < 4.78 is 0.383. The van der Waals surface area contributed by atoms with E-state index in [1.165, 1.54) is 23.1 Å². The Morgan fingerprint density at radius 1 is 1.15 bits per heavy atom. The molecule has 1 amide bonds. The van der Waals surface area contributed by atoms with Gasteiger partial charge in [0.2, 0.25) is 0 Å². The third kappa shape index (κ3) is 3.87. The minimum atomic E-state index is -0.601. The van der Waals surface area contributed by atoms with Crippen molar-refractivity contribution in [2.75, 3.05) is 4.90 Å². The molecule has 9 heteroatoms. The van der Waals surface area contributed by atoms with Crippen molar-refractivity contribution in [3.63, 3.8) is 0 Å². The predicted molar refractivity (Wildman–Crippen MR) is 115 cm³/mol. The zero-order valence-electron chi connectivity index (χ0n) is 14.2. The van der Waals surface area contributed by atoms with E-state index in [1.54, 1.807) is 0 Å². The maximum Gasteiger partial charge on any atom is 0.288 e. The number of nitrogens with zero attached hydrogens (tertiary/aromatic N) is 2. The summed E-state index contributed by atoms with van der Waals surface area (Å²) in [6.45, 7) is 3.94. The van der Waals surface area contributed by atoms with E-state index in [2.05, 4.69) is 0 Å². The van der Waals surface area contributed by atoms with E-state index < -0.39 is 4.92 Å². The van der Waals surface area contributed by atoms with Crippen molar-refractivity contribution in [1.29, 1.82) is 0 Å². The molecule has 0 N–H and O–H groups in total. The molecule has 2 aromatic rings. The van der Waals surface area contributed by atoms with E-state index in [0.717, 1.165) is 22.9 Å². The first-order valence-electron chi connectivity index (χ1n) is 7.67. The van der Waals surface area contributed by atoms with Crippen LogP contribution in [0.4, 0.5) is 11.4 Å². The molecule has 1 aliphatic heterocycles. The Hall–Kier alpha value is -1.93. The Morgan fingerprint density at radius 2 is 1.85 bits per heavy atom. The number of anilines is 1. The Balaban J connectivity index is 2.01. The van der Waals surface area contributed by atoms with Gasteiger partial charge < -0.3 is 0 Å². The monoisotopic (exact) mass is 438 g/mol.